The zero-order valence-corrected chi connectivity index (χ0v) is 17.1. The third kappa shape index (κ3) is 3.98. The van der Waals surface area contributed by atoms with E-state index in [1.807, 2.05) is 14.1 Å². The maximum Gasteiger partial charge on any atom is 0.274 e. The fourth-order valence-electron chi connectivity index (χ4n) is 4.87. The van der Waals surface area contributed by atoms with Crippen LogP contribution in [0.25, 0.3) is 0 Å². The van der Waals surface area contributed by atoms with E-state index in [-0.39, 0.29) is 5.91 Å². The molecular formula is C21H36N4O. The molecular weight excluding hydrogens is 324 g/mol. The smallest absolute Gasteiger partial charge is 0.274 e. The van der Waals surface area contributed by atoms with Crippen molar-refractivity contribution in [3.8, 4) is 0 Å². The second kappa shape index (κ2) is 8.55. The summed E-state index contributed by atoms with van der Waals surface area (Å²) in [6.07, 6.45) is 9.91. The molecule has 1 saturated carbocycles. The lowest BCUT2D eigenvalue weighted by Gasteiger charge is -2.33. The number of aromatic nitrogens is 2. The molecule has 3 rings (SSSR count). The lowest BCUT2D eigenvalue weighted by molar-refractivity contribution is 0.0819. The molecule has 1 aromatic rings. The average molecular weight is 361 g/mol. The Morgan fingerprint density at radius 1 is 1.12 bits per heavy atom. The van der Waals surface area contributed by atoms with Gasteiger partial charge in [0.1, 0.15) is 0 Å². The number of hydrogen-bond donors (Lipinski definition) is 0. The molecule has 2 aliphatic rings. The van der Waals surface area contributed by atoms with E-state index in [0.717, 1.165) is 38.4 Å². The van der Waals surface area contributed by atoms with E-state index in [4.69, 9.17) is 5.10 Å². The zero-order chi connectivity index (χ0) is 18.7. The molecule has 0 saturated heterocycles. The maximum absolute atomic E-state index is 12.8. The van der Waals surface area contributed by atoms with E-state index < -0.39 is 0 Å². The van der Waals surface area contributed by atoms with Gasteiger partial charge in [0, 0.05) is 37.9 Å². The predicted molar refractivity (Wildman–Crippen MR) is 106 cm³/mol. The molecule has 0 aromatic carbocycles. The van der Waals surface area contributed by atoms with Gasteiger partial charge < -0.3 is 9.80 Å². The fourth-order valence-corrected chi connectivity index (χ4v) is 4.87. The summed E-state index contributed by atoms with van der Waals surface area (Å²) in [4.78, 5) is 17.0. The van der Waals surface area contributed by atoms with Gasteiger partial charge in [0.15, 0.2) is 5.69 Å². The molecule has 146 valence electrons. The first-order chi connectivity index (χ1) is 12.5. The van der Waals surface area contributed by atoms with E-state index in [1.165, 1.54) is 49.8 Å². The molecule has 0 aliphatic heterocycles. The van der Waals surface area contributed by atoms with Crippen LogP contribution in [0.2, 0.25) is 0 Å². The molecule has 1 atom stereocenters. The minimum Gasteiger partial charge on any atom is -0.343 e. The molecule has 1 unspecified atom stereocenters. The SMILES string of the molecule is CCN(CC)C1CCc2c(c(C(=O)N(C)C)nn2CC2CCCCC2)C1. The lowest BCUT2D eigenvalue weighted by Crippen LogP contribution is -2.39. The molecule has 1 amide bonds. The molecule has 26 heavy (non-hydrogen) atoms. The van der Waals surface area contributed by atoms with Gasteiger partial charge in [-0.1, -0.05) is 33.1 Å². The van der Waals surface area contributed by atoms with Crippen molar-refractivity contribution in [2.45, 2.75) is 77.8 Å². The number of hydrogen-bond acceptors (Lipinski definition) is 3. The minimum atomic E-state index is 0.0591. The van der Waals surface area contributed by atoms with Gasteiger partial charge in [-0.25, -0.2) is 0 Å². The largest absolute Gasteiger partial charge is 0.343 e. The Hall–Kier alpha value is -1.36. The number of nitrogens with zero attached hydrogens (tertiary/aromatic N) is 4. The molecule has 5 nitrogen and oxygen atoms in total. The number of fused-ring (bicyclic) bond motifs is 1. The standard InChI is InChI=1S/C21H36N4O/c1-5-24(6-2)17-12-13-19-18(14-17)20(21(26)23(3)4)22-25(19)15-16-10-8-7-9-11-16/h16-17H,5-15H2,1-4H3. The summed E-state index contributed by atoms with van der Waals surface area (Å²) in [6, 6.07) is 0.540. The highest BCUT2D eigenvalue weighted by Gasteiger charge is 2.32. The number of amides is 1. The highest BCUT2D eigenvalue weighted by Crippen LogP contribution is 2.31. The van der Waals surface area contributed by atoms with E-state index in [9.17, 15) is 4.79 Å². The first-order valence-corrected chi connectivity index (χ1v) is 10.6. The second-order valence-corrected chi connectivity index (χ2v) is 8.28. The van der Waals surface area contributed by atoms with Crippen LogP contribution in [0.5, 0.6) is 0 Å². The van der Waals surface area contributed by atoms with Crippen LogP contribution in [0.15, 0.2) is 0 Å². The van der Waals surface area contributed by atoms with E-state index in [2.05, 4.69) is 23.4 Å². The summed E-state index contributed by atoms with van der Waals surface area (Å²) in [5, 5.41) is 4.86. The summed E-state index contributed by atoms with van der Waals surface area (Å²) in [5.74, 6) is 0.791. The van der Waals surface area contributed by atoms with Crippen molar-refractivity contribution in [1.82, 2.24) is 19.6 Å². The van der Waals surface area contributed by atoms with Crippen LogP contribution in [0.3, 0.4) is 0 Å². The van der Waals surface area contributed by atoms with Crippen LogP contribution in [-0.4, -0.2) is 58.7 Å². The Kier molecular flexibility index (Phi) is 6.38. The zero-order valence-electron chi connectivity index (χ0n) is 17.1. The molecule has 0 bridgehead atoms. The van der Waals surface area contributed by atoms with Crippen LogP contribution < -0.4 is 0 Å². The molecule has 1 fully saturated rings. The molecule has 0 spiro atoms. The average Bonchev–Trinajstić information content (AvgIpc) is 3.00. The van der Waals surface area contributed by atoms with Crippen molar-refractivity contribution in [2.24, 2.45) is 5.92 Å². The van der Waals surface area contributed by atoms with Crippen molar-refractivity contribution in [1.29, 1.82) is 0 Å². The number of carbonyl (C=O) groups excluding carboxylic acids is 1. The van der Waals surface area contributed by atoms with Crippen LogP contribution in [0.4, 0.5) is 0 Å². The highest BCUT2D eigenvalue weighted by atomic mass is 16.2. The van der Waals surface area contributed by atoms with Crippen LogP contribution >= 0.6 is 0 Å². The fraction of sp³-hybridized carbons (Fsp3) is 0.810. The van der Waals surface area contributed by atoms with Crippen LogP contribution in [-0.2, 0) is 19.4 Å². The maximum atomic E-state index is 12.8. The lowest BCUT2D eigenvalue weighted by atomic mass is 9.88. The number of likely N-dealkylation sites (N-methyl/N-ethyl adjacent to an activating group) is 1. The van der Waals surface area contributed by atoms with Crippen molar-refractivity contribution in [3.05, 3.63) is 17.0 Å². The summed E-state index contributed by atoms with van der Waals surface area (Å²) in [5.41, 5.74) is 3.27. The second-order valence-electron chi connectivity index (χ2n) is 8.28. The van der Waals surface area contributed by atoms with Gasteiger partial charge in [0.2, 0.25) is 0 Å². The van der Waals surface area contributed by atoms with Crippen molar-refractivity contribution < 1.29 is 4.79 Å². The minimum absolute atomic E-state index is 0.0591. The Morgan fingerprint density at radius 2 is 1.81 bits per heavy atom. The van der Waals surface area contributed by atoms with Crippen LogP contribution in [0.1, 0.15) is 74.1 Å². The van der Waals surface area contributed by atoms with E-state index in [1.54, 1.807) is 4.90 Å². The molecule has 1 heterocycles. The van der Waals surface area contributed by atoms with E-state index >= 15 is 0 Å². The monoisotopic (exact) mass is 360 g/mol. The molecule has 0 N–H and O–H groups in total. The first kappa shape index (κ1) is 19.4. The quantitative estimate of drug-likeness (QED) is 0.781. The third-order valence-electron chi connectivity index (χ3n) is 6.41. The number of carbonyl (C=O) groups is 1. The Labute approximate surface area is 158 Å². The molecule has 2 aliphatic carbocycles. The summed E-state index contributed by atoms with van der Waals surface area (Å²) < 4.78 is 2.21. The third-order valence-corrected chi connectivity index (χ3v) is 6.41. The van der Waals surface area contributed by atoms with Gasteiger partial charge in [-0.3, -0.25) is 9.48 Å². The Morgan fingerprint density at radius 3 is 2.42 bits per heavy atom. The first-order valence-electron chi connectivity index (χ1n) is 10.6. The van der Waals surface area contributed by atoms with Gasteiger partial charge in [0.25, 0.3) is 5.91 Å². The van der Waals surface area contributed by atoms with Gasteiger partial charge in [-0.05, 0) is 51.1 Å². The van der Waals surface area contributed by atoms with Crippen molar-refractivity contribution in [3.63, 3.8) is 0 Å². The Balaban J connectivity index is 1.88. The van der Waals surface area contributed by atoms with Crippen molar-refractivity contribution >= 4 is 5.91 Å². The highest BCUT2D eigenvalue weighted by molar-refractivity contribution is 5.93. The molecule has 0 radical (unpaired) electrons. The van der Waals surface area contributed by atoms with Crippen LogP contribution in [0, 0.1) is 5.92 Å². The van der Waals surface area contributed by atoms with Gasteiger partial charge in [0.05, 0.1) is 0 Å². The molecule has 5 heteroatoms. The summed E-state index contributed by atoms with van der Waals surface area (Å²) in [7, 11) is 3.67. The normalized spacial score (nSPS) is 21.0. The topological polar surface area (TPSA) is 41.4 Å². The Bertz CT molecular complexity index is 612. The summed E-state index contributed by atoms with van der Waals surface area (Å²) >= 11 is 0. The van der Waals surface area contributed by atoms with Gasteiger partial charge in [-0.2, -0.15) is 5.10 Å². The van der Waals surface area contributed by atoms with Gasteiger partial charge >= 0.3 is 0 Å². The van der Waals surface area contributed by atoms with Crippen molar-refractivity contribution in [2.75, 3.05) is 27.2 Å². The number of rotatable bonds is 6. The summed E-state index contributed by atoms with van der Waals surface area (Å²) in [6.45, 7) is 7.61. The molecule has 1 aromatic heterocycles. The van der Waals surface area contributed by atoms with E-state index in [0.29, 0.717) is 11.7 Å². The van der Waals surface area contributed by atoms with Gasteiger partial charge in [-0.15, -0.1) is 0 Å². The predicted octanol–water partition coefficient (Wildman–Crippen LogP) is 3.36.